The lowest BCUT2D eigenvalue weighted by atomic mass is 10.1. The van der Waals surface area contributed by atoms with Crippen LogP contribution in [-0.4, -0.2) is 56.2 Å². The summed E-state index contributed by atoms with van der Waals surface area (Å²) < 4.78 is 0. The maximum atomic E-state index is 5.83. The number of piperazine rings is 1. The van der Waals surface area contributed by atoms with Crippen LogP contribution in [0.25, 0.3) is 0 Å². The summed E-state index contributed by atoms with van der Waals surface area (Å²) in [6, 6.07) is 6.91. The van der Waals surface area contributed by atoms with Crippen LogP contribution in [0.2, 0.25) is 0 Å². The average molecular weight is 317 g/mol. The third-order valence-corrected chi connectivity index (χ3v) is 4.42. The summed E-state index contributed by atoms with van der Waals surface area (Å²) >= 11 is 0. The summed E-state index contributed by atoms with van der Waals surface area (Å²) in [6.45, 7) is 14.6. The van der Waals surface area contributed by atoms with Gasteiger partial charge in [0.05, 0.1) is 6.54 Å². The van der Waals surface area contributed by atoms with Gasteiger partial charge in [-0.05, 0) is 44.9 Å². The Labute approximate surface area is 140 Å². The first kappa shape index (κ1) is 17.6. The Balaban J connectivity index is 1.79. The number of nitrogens with two attached hydrogens (primary N) is 1. The van der Waals surface area contributed by atoms with Gasteiger partial charge in [0.15, 0.2) is 5.96 Å². The van der Waals surface area contributed by atoms with Crippen molar-refractivity contribution in [1.29, 1.82) is 0 Å². The Morgan fingerprint density at radius 2 is 1.91 bits per heavy atom. The van der Waals surface area contributed by atoms with Crippen LogP contribution >= 0.6 is 0 Å². The molecule has 1 fully saturated rings. The highest BCUT2D eigenvalue weighted by atomic mass is 15.3. The summed E-state index contributed by atoms with van der Waals surface area (Å²) in [5.41, 5.74) is 9.98. The Hall–Kier alpha value is -1.75. The van der Waals surface area contributed by atoms with Gasteiger partial charge in [-0.1, -0.05) is 12.1 Å². The smallest absolute Gasteiger partial charge is 0.188 e. The van der Waals surface area contributed by atoms with Crippen molar-refractivity contribution < 1.29 is 0 Å². The minimum Gasteiger partial charge on any atom is -0.370 e. The van der Waals surface area contributed by atoms with E-state index >= 15 is 0 Å². The predicted molar refractivity (Wildman–Crippen MR) is 99.3 cm³/mol. The molecule has 1 saturated heterocycles. The molecule has 3 N–H and O–H groups in total. The fourth-order valence-corrected chi connectivity index (χ4v) is 2.94. The SMILES string of the molecule is Cc1cccc(N2CCN(CCN=C(N)NC(C)C)CC2)c1C. The molecule has 1 heterocycles. The molecule has 1 aromatic rings. The maximum absolute atomic E-state index is 5.83. The fourth-order valence-electron chi connectivity index (χ4n) is 2.94. The van der Waals surface area contributed by atoms with Gasteiger partial charge in [0.2, 0.25) is 0 Å². The average Bonchev–Trinajstić information content (AvgIpc) is 2.50. The maximum Gasteiger partial charge on any atom is 0.188 e. The Bertz CT molecular complexity index is 530. The van der Waals surface area contributed by atoms with Gasteiger partial charge in [-0.3, -0.25) is 9.89 Å². The molecule has 1 aliphatic rings. The molecule has 23 heavy (non-hydrogen) atoms. The van der Waals surface area contributed by atoms with E-state index in [0.717, 1.165) is 39.3 Å². The third kappa shape index (κ3) is 5.13. The molecular formula is C18H31N5. The number of aryl methyl sites for hydroxylation is 1. The highest BCUT2D eigenvalue weighted by molar-refractivity contribution is 5.78. The number of hydrogen-bond donors (Lipinski definition) is 2. The van der Waals surface area contributed by atoms with Crippen LogP contribution in [0.5, 0.6) is 0 Å². The quantitative estimate of drug-likeness (QED) is 0.641. The fraction of sp³-hybridized carbons (Fsp3) is 0.611. The van der Waals surface area contributed by atoms with Crippen molar-refractivity contribution in [2.24, 2.45) is 10.7 Å². The molecule has 0 spiro atoms. The summed E-state index contributed by atoms with van der Waals surface area (Å²) in [5, 5.41) is 3.12. The zero-order valence-electron chi connectivity index (χ0n) is 15.0. The topological polar surface area (TPSA) is 56.9 Å². The lowest BCUT2D eigenvalue weighted by Crippen LogP contribution is -2.47. The molecule has 0 amide bonds. The summed E-state index contributed by atoms with van der Waals surface area (Å²) in [7, 11) is 0. The van der Waals surface area contributed by atoms with E-state index in [4.69, 9.17) is 5.73 Å². The molecular weight excluding hydrogens is 286 g/mol. The standard InChI is InChI=1S/C18H31N5/c1-14(2)21-18(19)20-8-9-22-10-12-23(13-11-22)17-7-5-6-15(3)16(17)4/h5-7,14H,8-13H2,1-4H3,(H3,19,20,21). The summed E-state index contributed by atoms with van der Waals surface area (Å²) in [5.74, 6) is 0.550. The van der Waals surface area contributed by atoms with Crippen LogP contribution in [-0.2, 0) is 0 Å². The molecule has 0 aliphatic carbocycles. The largest absolute Gasteiger partial charge is 0.370 e. The molecule has 128 valence electrons. The normalized spacial score (nSPS) is 16.9. The lowest BCUT2D eigenvalue weighted by molar-refractivity contribution is 0.265. The van der Waals surface area contributed by atoms with Crippen LogP contribution in [0.4, 0.5) is 5.69 Å². The van der Waals surface area contributed by atoms with Crippen molar-refractivity contribution in [3.05, 3.63) is 29.3 Å². The van der Waals surface area contributed by atoms with Gasteiger partial charge in [-0.25, -0.2) is 0 Å². The van der Waals surface area contributed by atoms with Crippen LogP contribution in [0.1, 0.15) is 25.0 Å². The zero-order chi connectivity index (χ0) is 16.8. The summed E-state index contributed by atoms with van der Waals surface area (Å²) in [6.07, 6.45) is 0. The van der Waals surface area contributed by atoms with Crippen molar-refractivity contribution in [3.63, 3.8) is 0 Å². The number of nitrogens with zero attached hydrogens (tertiary/aromatic N) is 3. The molecule has 0 saturated carbocycles. The minimum atomic E-state index is 0.333. The van der Waals surface area contributed by atoms with Gasteiger partial charge in [0, 0.05) is 44.5 Å². The van der Waals surface area contributed by atoms with Crippen molar-refractivity contribution in [2.45, 2.75) is 33.7 Å². The number of benzene rings is 1. The molecule has 0 bridgehead atoms. The van der Waals surface area contributed by atoms with Crippen molar-refractivity contribution in [1.82, 2.24) is 10.2 Å². The minimum absolute atomic E-state index is 0.333. The first-order chi connectivity index (χ1) is 11.0. The van der Waals surface area contributed by atoms with Crippen LogP contribution in [0.3, 0.4) is 0 Å². The van der Waals surface area contributed by atoms with Gasteiger partial charge in [0.1, 0.15) is 0 Å². The van der Waals surface area contributed by atoms with Gasteiger partial charge >= 0.3 is 0 Å². The van der Waals surface area contributed by atoms with Crippen molar-refractivity contribution in [3.8, 4) is 0 Å². The van der Waals surface area contributed by atoms with Crippen molar-refractivity contribution >= 4 is 11.6 Å². The highest BCUT2D eigenvalue weighted by Gasteiger charge is 2.18. The molecule has 2 rings (SSSR count). The second kappa shape index (κ2) is 8.20. The number of nitrogens with one attached hydrogen (secondary N) is 1. The number of rotatable bonds is 5. The molecule has 0 radical (unpaired) electrons. The van der Waals surface area contributed by atoms with Gasteiger partial charge in [-0.15, -0.1) is 0 Å². The van der Waals surface area contributed by atoms with E-state index in [9.17, 15) is 0 Å². The molecule has 5 nitrogen and oxygen atoms in total. The van der Waals surface area contributed by atoms with E-state index in [1.807, 2.05) is 0 Å². The van der Waals surface area contributed by atoms with Crippen LogP contribution in [0, 0.1) is 13.8 Å². The van der Waals surface area contributed by atoms with E-state index in [1.165, 1.54) is 16.8 Å². The van der Waals surface area contributed by atoms with E-state index in [0.29, 0.717) is 12.0 Å². The Morgan fingerprint density at radius 1 is 1.22 bits per heavy atom. The van der Waals surface area contributed by atoms with Crippen molar-refractivity contribution in [2.75, 3.05) is 44.2 Å². The molecule has 1 aliphatic heterocycles. The number of anilines is 1. The first-order valence-electron chi connectivity index (χ1n) is 8.57. The zero-order valence-corrected chi connectivity index (χ0v) is 15.0. The monoisotopic (exact) mass is 317 g/mol. The van der Waals surface area contributed by atoms with Crippen LogP contribution < -0.4 is 16.0 Å². The second-order valence-corrected chi connectivity index (χ2v) is 6.61. The molecule has 0 atom stereocenters. The van der Waals surface area contributed by atoms with Gasteiger partial charge in [-0.2, -0.15) is 0 Å². The Kier molecular flexibility index (Phi) is 6.28. The molecule has 0 unspecified atom stereocenters. The highest BCUT2D eigenvalue weighted by Crippen LogP contribution is 2.23. The predicted octanol–water partition coefficient (Wildman–Crippen LogP) is 1.74. The first-order valence-corrected chi connectivity index (χ1v) is 8.57. The van der Waals surface area contributed by atoms with E-state index in [1.54, 1.807) is 0 Å². The molecule has 1 aromatic carbocycles. The number of guanidine groups is 1. The molecule has 5 heteroatoms. The third-order valence-electron chi connectivity index (χ3n) is 4.42. The number of aliphatic imine (C=N–C) groups is 1. The van der Waals surface area contributed by atoms with Crippen LogP contribution in [0.15, 0.2) is 23.2 Å². The summed E-state index contributed by atoms with van der Waals surface area (Å²) in [4.78, 5) is 9.35. The second-order valence-electron chi connectivity index (χ2n) is 6.61. The van der Waals surface area contributed by atoms with E-state index in [-0.39, 0.29) is 0 Å². The molecule has 0 aromatic heterocycles. The van der Waals surface area contributed by atoms with Gasteiger partial charge < -0.3 is 16.0 Å². The van der Waals surface area contributed by atoms with E-state index in [2.05, 4.69) is 66.0 Å². The van der Waals surface area contributed by atoms with Gasteiger partial charge in [0.25, 0.3) is 0 Å². The number of hydrogen-bond acceptors (Lipinski definition) is 3. The van der Waals surface area contributed by atoms with E-state index < -0.39 is 0 Å². The lowest BCUT2D eigenvalue weighted by Gasteiger charge is -2.36. The Morgan fingerprint density at radius 3 is 2.57 bits per heavy atom.